The molecule has 0 spiro atoms. The first-order valence-electron chi connectivity index (χ1n) is 7.07. The van der Waals surface area contributed by atoms with Gasteiger partial charge in [-0.05, 0) is 50.8 Å². The number of aliphatic carboxylic acids is 1. The van der Waals surface area contributed by atoms with Crippen LogP contribution in [0.3, 0.4) is 0 Å². The molecule has 0 saturated carbocycles. The second kappa shape index (κ2) is 5.77. The summed E-state index contributed by atoms with van der Waals surface area (Å²) in [7, 11) is -3.48. The summed E-state index contributed by atoms with van der Waals surface area (Å²) in [6, 6.07) is 6.53. The van der Waals surface area contributed by atoms with Gasteiger partial charge in [-0.25, -0.2) is 8.42 Å². The van der Waals surface area contributed by atoms with Crippen LogP contribution in [0.5, 0.6) is 0 Å². The Morgan fingerprint density at radius 3 is 2.38 bits per heavy atom. The zero-order chi connectivity index (χ0) is 15.7. The van der Waals surface area contributed by atoms with E-state index in [1.54, 1.807) is 28.6 Å². The van der Waals surface area contributed by atoms with Crippen molar-refractivity contribution in [2.75, 3.05) is 6.54 Å². The number of sulfonamides is 1. The quantitative estimate of drug-likeness (QED) is 0.905. The maximum atomic E-state index is 12.7. The molecule has 1 N–H and O–H groups in total. The summed E-state index contributed by atoms with van der Waals surface area (Å²) in [6.45, 7) is 4.44. The molecule has 1 aliphatic rings. The molecule has 1 aromatic carbocycles. The van der Waals surface area contributed by atoms with Crippen molar-refractivity contribution in [1.29, 1.82) is 0 Å². The van der Waals surface area contributed by atoms with Gasteiger partial charge in [0.15, 0.2) is 0 Å². The molecule has 0 radical (unpaired) electrons. The molecule has 0 aromatic heterocycles. The first kappa shape index (κ1) is 16.0. The summed E-state index contributed by atoms with van der Waals surface area (Å²) in [6.07, 6.45) is 2.20. The highest BCUT2D eigenvalue weighted by molar-refractivity contribution is 7.89. The summed E-state index contributed by atoms with van der Waals surface area (Å²) in [4.78, 5) is 10.8. The van der Waals surface area contributed by atoms with Gasteiger partial charge in [-0.15, -0.1) is 0 Å². The minimum atomic E-state index is -3.48. The van der Waals surface area contributed by atoms with Crippen LogP contribution < -0.4 is 0 Å². The highest BCUT2D eigenvalue weighted by Crippen LogP contribution is 2.33. The van der Waals surface area contributed by atoms with E-state index in [1.165, 1.54) is 0 Å². The van der Waals surface area contributed by atoms with Crippen LogP contribution in [0.4, 0.5) is 0 Å². The fraction of sp³-hybridized carbons (Fsp3) is 0.533. The maximum absolute atomic E-state index is 12.7. The molecule has 0 unspecified atom stereocenters. The fourth-order valence-electron chi connectivity index (χ4n) is 2.73. The number of nitrogens with zero attached hydrogens (tertiary/aromatic N) is 1. The van der Waals surface area contributed by atoms with Crippen molar-refractivity contribution in [3.05, 3.63) is 29.8 Å². The van der Waals surface area contributed by atoms with E-state index in [1.807, 2.05) is 13.8 Å². The van der Waals surface area contributed by atoms with E-state index in [4.69, 9.17) is 5.11 Å². The summed E-state index contributed by atoms with van der Waals surface area (Å²) < 4.78 is 26.9. The lowest BCUT2D eigenvalue weighted by Gasteiger charge is -2.30. The molecule has 21 heavy (non-hydrogen) atoms. The van der Waals surface area contributed by atoms with Crippen molar-refractivity contribution in [3.8, 4) is 0 Å². The van der Waals surface area contributed by atoms with E-state index in [2.05, 4.69) is 0 Å². The van der Waals surface area contributed by atoms with Gasteiger partial charge in [0.2, 0.25) is 10.0 Å². The highest BCUT2D eigenvalue weighted by Gasteiger charge is 2.40. The van der Waals surface area contributed by atoms with Gasteiger partial charge in [0.05, 0.1) is 4.90 Å². The molecule has 0 atom stereocenters. The number of carboxylic acids is 1. The Balaban J connectivity index is 2.19. The molecule has 1 saturated heterocycles. The van der Waals surface area contributed by atoms with Crippen molar-refractivity contribution in [1.82, 2.24) is 4.31 Å². The summed E-state index contributed by atoms with van der Waals surface area (Å²) in [5.74, 6) is -0.856. The van der Waals surface area contributed by atoms with Gasteiger partial charge in [-0.1, -0.05) is 12.1 Å². The van der Waals surface area contributed by atoms with Crippen molar-refractivity contribution >= 4 is 16.0 Å². The lowest BCUT2D eigenvalue weighted by Crippen LogP contribution is -2.42. The molecule has 5 nitrogen and oxygen atoms in total. The van der Waals surface area contributed by atoms with Gasteiger partial charge in [-0.2, -0.15) is 4.31 Å². The summed E-state index contributed by atoms with van der Waals surface area (Å²) >= 11 is 0. The monoisotopic (exact) mass is 311 g/mol. The average molecular weight is 311 g/mol. The standard InChI is InChI=1S/C15H21NO4S/c1-15(2)10-3-11-16(15)21(19,20)13-7-4-12(5-8-13)6-9-14(17)18/h4-5,7-8H,3,6,9-11H2,1-2H3,(H,17,18). The van der Waals surface area contributed by atoms with Crippen molar-refractivity contribution in [3.63, 3.8) is 0 Å². The first-order valence-corrected chi connectivity index (χ1v) is 8.51. The third-order valence-corrected chi connectivity index (χ3v) is 6.09. The summed E-state index contributed by atoms with van der Waals surface area (Å²) in [5, 5.41) is 8.66. The van der Waals surface area contributed by atoms with E-state index in [0.717, 1.165) is 18.4 Å². The van der Waals surface area contributed by atoms with Gasteiger partial charge in [0, 0.05) is 18.5 Å². The second-order valence-corrected chi connectivity index (χ2v) is 7.89. The number of hydrogen-bond acceptors (Lipinski definition) is 3. The van der Waals surface area contributed by atoms with Gasteiger partial charge in [0.25, 0.3) is 0 Å². The Bertz CT molecular complexity index is 620. The third kappa shape index (κ3) is 3.44. The number of carboxylic acid groups (broad SMARTS) is 1. The van der Waals surface area contributed by atoms with E-state index in [-0.39, 0.29) is 16.9 Å². The molecular weight excluding hydrogens is 290 g/mol. The van der Waals surface area contributed by atoms with Crippen LogP contribution in [0.1, 0.15) is 38.7 Å². The van der Waals surface area contributed by atoms with Gasteiger partial charge in [-0.3, -0.25) is 4.79 Å². The number of hydrogen-bond donors (Lipinski definition) is 1. The maximum Gasteiger partial charge on any atom is 0.303 e. The molecule has 0 amide bonds. The molecule has 6 heteroatoms. The number of aryl methyl sites for hydroxylation is 1. The van der Waals surface area contributed by atoms with Crippen LogP contribution in [-0.4, -0.2) is 35.9 Å². The molecule has 0 aliphatic carbocycles. The van der Waals surface area contributed by atoms with E-state index in [0.29, 0.717) is 13.0 Å². The van der Waals surface area contributed by atoms with Crippen LogP contribution in [-0.2, 0) is 21.2 Å². The van der Waals surface area contributed by atoms with Gasteiger partial charge >= 0.3 is 5.97 Å². The number of rotatable bonds is 5. The zero-order valence-electron chi connectivity index (χ0n) is 12.4. The molecule has 1 aliphatic heterocycles. The predicted octanol–water partition coefficient (Wildman–Crippen LogP) is 2.27. The highest BCUT2D eigenvalue weighted by atomic mass is 32.2. The van der Waals surface area contributed by atoms with Crippen molar-refractivity contribution in [2.24, 2.45) is 0 Å². The Hall–Kier alpha value is -1.40. The Labute approximate surface area is 125 Å². The minimum absolute atomic E-state index is 0.0469. The summed E-state index contributed by atoms with van der Waals surface area (Å²) in [5.41, 5.74) is 0.484. The van der Waals surface area contributed by atoms with E-state index in [9.17, 15) is 13.2 Å². The smallest absolute Gasteiger partial charge is 0.303 e. The molecule has 1 heterocycles. The average Bonchev–Trinajstić information content (AvgIpc) is 2.77. The molecule has 1 fully saturated rings. The van der Waals surface area contributed by atoms with Crippen LogP contribution in [0.25, 0.3) is 0 Å². The molecule has 116 valence electrons. The Morgan fingerprint density at radius 2 is 1.90 bits per heavy atom. The molecule has 2 rings (SSSR count). The fourth-order valence-corrected chi connectivity index (χ4v) is 4.58. The van der Waals surface area contributed by atoms with E-state index < -0.39 is 16.0 Å². The second-order valence-electron chi connectivity index (χ2n) is 6.03. The molecular formula is C15H21NO4S. The largest absolute Gasteiger partial charge is 0.481 e. The first-order chi connectivity index (χ1) is 9.73. The van der Waals surface area contributed by atoms with Crippen LogP contribution in [0.2, 0.25) is 0 Å². The normalized spacial score (nSPS) is 18.8. The van der Waals surface area contributed by atoms with Crippen LogP contribution in [0, 0.1) is 0 Å². The minimum Gasteiger partial charge on any atom is -0.481 e. The van der Waals surface area contributed by atoms with Crippen LogP contribution in [0.15, 0.2) is 29.2 Å². The number of benzene rings is 1. The molecule has 0 bridgehead atoms. The Kier molecular flexibility index (Phi) is 4.39. The van der Waals surface area contributed by atoms with Crippen molar-refractivity contribution < 1.29 is 18.3 Å². The molecule has 1 aromatic rings. The van der Waals surface area contributed by atoms with E-state index >= 15 is 0 Å². The number of carbonyl (C=O) groups is 1. The van der Waals surface area contributed by atoms with Gasteiger partial charge < -0.3 is 5.11 Å². The zero-order valence-corrected chi connectivity index (χ0v) is 13.2. The van der Waals surface area contributed by atoms with Gasteiger partial charge in [0.1, 0.15) is 0 Å². The lowest BCUT2D eigenvalue weighted by molar-refractivity contribution is -0.136. The lowest BCUT2D eigenvalue weighted by atomic mass is 10.0. The SMILES string of the molecule is CC1(C)CCCN1S(=O)(=O)c1ccc(CCC(=O)O)cc1. The predicted molar refractivity (Wildman–Crippen MR) is 79.6 cm³/mol. The third-order valence-electron chi connectivity index (χ3n) is 3.96. The van der Waals surface area contributed by atoms with Crippen molar-refractivity contribution in [2.45, 2.75) is 50.0 Å². The van der Waals surface area contributed by atoms with Crippen LogP contribution >= 0.6 is 0 Å². The Morgan fingerprint density at radius 1 is 1.29 bits per heavy atom. The topological polar surface area (TPSA) is 74.7 Å².